The summed E-state index contributed by atoms with van der Waals surface area (Å²) in [5.41, 5.74) is -1.22. The van der Waals surface area contributed by atoms with Crippen LogP contribution in [0.5, 0.6) is 0 Å². The van der Waals surface area contributed by atoms with Crippen LogP contribution in [0.4, 0.5) is 13.2 Å². The highest BCUT2D eigenvalue weighted by Crippen LogP contribution is 2.19. The predicted octanol–water partition coefficient (Wildman–Crippen LogP) is 0.454. The number of amides is 2. The number of rotatable bonds is 6. The lowest BCUT2D eigenvalue weighted by Crippen LogP contribution is -2.61. The van der Waals surface area contributed by atoms with Gasteiger partial charge in [-0.3, -0.25) is 19.7 Å². The fourth-order valence-corrected chi connectivity index (χ4v) is 3.83. The van der Waals surface area contributed by atoms with E-state index in [0.29, 0.717) is 18.7 Å². The van der Waals surface area contributed by atoms with E-state index >= 15 is 0 Å². The van der Waals surface area contributed by atoms with E-state index in [1.165, 1.54) is 4.90 Å². The average Bonchev–Trinajstić information content (AvgIpc) is 2.79. The highest BCUT2D eigenvalue weighted by Gasteiger charge is 2.41. The molecule has 1 saturated heterocycles. The van der Waals surface area contributed by atoms with Gasteiger partial charge >= 0.3 is 0 Å². The van der Waals surface area contributed by atoms with E-state index in [1.54, 1.807) is 6.92 Å². The number of Topliss-reactive ketones (excluding diaryl/α,β-unsaturated/α-hetero) is 1. The van der Waals surface area contributed by atoms with Gasteiger partial charge in [0.05, 0.1) is 6.17 Å². The third kappa shape index (κ3) is 4.78. The lowest BCUT2D eigenvalue weighted by atomic mass is 9.95. The van der Waals surface area contributed by atoms with Crippen LogP contribution >= 0.6 is 0 Å². The van der Waals surface area contributed by atoms with Crippen molar-refractivity contribution in [3.8, 4) is 0 Å². The van der Waals surface area contributed by atoms with Gasteiger partial charge in [0.1, 0.15) is 23.5 Å². The summed E-state index contributed by atoms with van der Waals surface area (Å²) in [7, 11) is 0. The second kappa shape index (κ2) is 10.1. The Morgan fingerprint density at radius 2 is 1.94 bits per heavy atom. The van der Waals surface area contributed by atoms with Crippen molar-refractivity contribution in [2.24, 2.45) is 0 Å². The molecule has 1 fully saturated rings. The fourth-order valence-electron chi connectivity index (χ4n) is 3.83. The molecule has 2 aliphatic heterocycles. The molecule has 8 nitrogen and oxygen atoms in total. The summed E-state index contributed by atoms with van der Waals surface area (Å²) in [5.74, 6) is -6.33. The number of piperidine rings is 1. The van der Waals surface area contributed by atoms with E-state index in [1.807, 2.05) is 0 Å². The molecule has 0 aliphatic carbocycles. The predicted molar refractivity (Wildman–Crippen MR) is 107 cm³/mol. The Labute approximate surface area is 182 Å². The van der Waals surface area contributed by atoms with Crippen LogP contribution in [0.3, 0.4) is 0 Å². The summed E-state index contributed by atoms with van der Waals surface area (Å²) < 4.78 is 40.8. The van der Waals surface area contributed by atoms with E-state index in [0.717, 1.165) is 32.0 Å². The number of carbonyl (C=O) groups excluding carboxylic acids is 3. The van der Waals surface area contributed by atoms with Gasteiger partial charge in [-0.25, -0.2) is 13.2 Å². The molecule has 4 N–H and O–H groups in total. The number of nitrogens with one attached hydrogen (secondary N) is 3. The van der Waals surface area contributed by atoms with Gasteiger partial charge in [0.15, 0.2) is 11.6 Å². The molecule has 11 heteroatoms. The second-order valence-electron chi connectivity index (χ2n) is 7.61. The van der Waals surface area contributed by atoms with Gasteiger partial charge in [-0.2, -0.15) is 0 Å². The number of likely N-dealkylation sites (N-methyl/N-ethyl adjacent to an activating group) is 1. The SMILES string of the molecule is CCN(C(=O)[C@H]1NC=C(C(=O)NCc2c(F)ccc(F)c2F)C(=O)C1O)[C@@H]1CCCCN1. The van der Waals surface area contributed by atoms with Crippen molar-refractivity contribution in [3.05, 3.63) is 46.9 Å². The zero-order chi connectivity index (χ0) is 23.4. The van der Waals surface area contributed by atoms with Gasteiger partial charge < -0.3 is 20.6 Å². The zero-order valence-electron chi connectivity index (χ0n) is 17.5. The Morgan fingerprint density at radius 1 is 1.22 bits per heavy atom. The largest absolute Gasteiger partial charge is 0.382 e. The summed E-state index contributed by atoms with van der Waals surface area (Å²) in [5, 5.41) is 18.4. The minimum Gasteiger partial charge on any atom is -0.382 e. The quantitative estimate of drug-likeness (QED) is 0.367. The Kier molecular flexibility index (Phi) is 7.52. The summed E-state index contributed by atoms with van der Waals surface area (Å²) >= 11 is 0. The number of hydrogen-bond donors (Lipinski definition) is 4. The van der Waals surface area contributed by atoms with Crippen molar-refractivity contribution in [1.29, 1.82) is 0 Å². The maximum absolute atomic E-state index is 13.7. The number of aliphatic hydroxyl groups is 1. The lowest BCUT2D eigenvalue weighted by molar-refractivity contribution is -0.144. The number of nitrogens with zero attached hydrogens (tertiary/aromatic N) is 1. The molecule has 2 heterocycles. The van der Waals surface area contributed by atoms with Crippen LogP contribution in [-0.2, 0) is 20.9 Å². The van der Waals surface area contributed by atoms with Crippen LogP contribution in [0.15, 0.2) is 23.9 Å². The summed E-state index contributed by atoms with van der Waals surface area (Å²) in [6.45, 7) is 2.18. The molecular formula is C21H25F3N4O4. The highest BCUT2D eigenvalue weighted by molar-refractivity contribution is 6.22. The summed E-state index contributed by atoms with van der Waals surface area (Å²) in [4.78, 5) is 39.4. The number of benzene rings is 1. The number of hydrogen-bond acceptors (Lipinski definition) is 6. The van der Waals surface area contributed by atoms with Crippen molar-refractivity contribution in [3.63, 3.8) is 0 Å². The molecule has 1 unspecified atom stereocenters. The first-order chi connectivity index (χ1) is 15.3. The molecule has 2 aliphatic rings. The summed E-state index contributed by atoms with van der Waals surface area (Å²) in [6.07, 6.45) is 1.64. The van der Waals surface area contributed by atoms with Crippen molar-refractivity contribution < 1.29 is 32.7 Å². The van der Waals surface area contributed by atoms with E-state index in [9.17, 15) is 32.7 Å². The molecule has 174 valence electrons. The van der Waals surface area contributed by atoms with Crippen LogP contribution < -0.4 is 16.0 Å². The van der Waals surface area contributed by atoms with Crippen molar-refractivity contribution in [2.75, 3.05) is 13.1 Å². The number of carbonyl (C=O) groups is 3. The Balaban J connectivity index is 1.69. The highest BCUT2D eigenvalue weighted by atomic mass is 19.2. The molecule has 32 heavy (non-hydrogen) atoms. The molecule has 3 rings (SSSR count). The second-order valence-corrected chi connectivity index (χ2v) is 7.61. The van der Waals surface area contributed by atoms with Crippen LogP contribution in [0.1, 0.15) is 31.7 Å². The maximum Gasteiger partial charge on any atom is 0.256 e. The topological polar surface area (TPSA) is 111 Å². The molecule has 0 bridgehead atoms. The lowest BCUT2D eigenvalue weighted by Gasteiger charge is -2.38. The third-order valence-electron chi connectivity index (χ3n) is 5.62. The maximum atomic E-state index is 13.7. The molecule has 1 aromatic carbocycles. The van der Waals surface area contributed by atoms with Crippen LogP contribution in [0.25, 0.3) is 0 Å². The van der Waals surface area contributed by atoms with Gasteiger partial charge in [0, 0.05) is 24.9 Å². The monoisotopic (exact) mass is 454 g/mol. The molecule has 0 saturated carbocycles. The van der Waals surface area contributed by atoms with Crippen LogP contribution in [0, 0.1) is 17.5 Å². The Morgan fingerprint density at radius 3 is 2.59 bits per heavy atom. The minimum absolute atomic E-state index is 0.213. The number of ketones is 1. The molecular weight excluding hydrogens is 429 g/mol. The fraction of sp³-hybridized carbons (Fsp3) is 0.476. The van der Waals surface area contributed by atoms with Gasteiger partial charge in [-0.05, 0) is 44.9 Å². The van der Waals surface area contributed by atoms with Gasteiger partial charge in [-0.15, -0.1) is 0 Å². The Hall–Kier alpha value is -2.92. The number of aliphatic hydroxyl groups excluding tert-OH is 1. The van der Waals surface area contributed by atoms with Gasteiger partial charge in [0.25, 0.3) is 5.91 Å². The Bertz CT molecular complexity index is 934. The van der Waals surface area contributed by atoms with Gasteiger partial charge in [-0.1, -0.05) is 0 Å². The molecule has 0 radical (unpaired) electrons. The van der Waals surface area contributed by atoms with E-state index in [4.69, 9.17) is 0 Å². The third-order valence-corrected chi connectivity index (χ3v) is 5.62. The van der Waals surface area contributed by atoms with Crippen molar-refractivity contribution in [1.82, 2.24) is 20.9 Å². The molecule has 3 atom stereocenters. The average molecular weight is 454 g/mol. The van der Waals surface area contributed by atoms with Crippen LogP contribution in [-0.4, -0.2) is 59.0 Å². The summed E-state index contributed by atoms with van der Waals surface area (Å²) in [6, 6.07) is 0.0525. The first-order valence-corrected chi connectivity index (χ1v) is 10.4. The first kappa shape index (κ1) is 23.7. The first-order valence-electron chi connectivity index (χ1n) is 10.4. The van der Waals surface area contributed by atoms with Crippen LogP contribution in [0.2, 0.25) is 0 Å². The van der Waals surface area contributed by atoms with Crippen molar-refractivity contribution in [2.45, 2.75) is 51.0 Å². The molecule has 2 amide bonds. The van der Waals surface area contributed by atoms with E-state index < -0.39 is 64.9 Å². The van der Waals surface area contributed by atoms with Crippen molar-refractivity contribution >= 4 is 17.6 Å². The van der Waals surface area contributed by atoms with Gasteiger partial charge in [0.2, 0.25) is 11.7 Å². The van der Waals surface area contributed by atoms with E-state index in [-0.39, 0.29) is 6.17 Å². The zero-order valence-corrected chi connectivity index (χ0v) is 17.5. The molecule has 0 aromatic heterocycles. The number of halogens is 3. The van der Waals surface area contributed by atoms with E-state index in [2.05, 4.69) is 16.0 Å². The minimum atomic E-state index is -1.83. The normalized spacial score (nSPS) is 23.2. The standard InChI is InChI=1S/C21H25F3N4O4/c1-2-28(15-5-3-4-8-25-15)21(32)17-19(30)18(29)12(10-26-17)20(31)27-9-11-13(22)6-7-14(23)16(11)24/h6-7,10,15,17,19,25-26,30H,2-5,8-9H2,1H3,(H,27,31)/t15-,17+,19?/m1/s1. The smallest absolute Gasteiger partial charge is 0.256 e. The molecule has 1 aromatic rings. The molecule has 0 spiro atoms.